The van der Waals surface area contributed by atoms with Gasteiger partial charge in [0.1, 0.15) is 17.3 Å². The van der Waals surface area contributed by atoms with Crippen molar-refractivity contribution in [3.8, 4) is 11.3 Å². The standard InChI is InChI=1S/C16H11ClFN3O4/c1-8-12(15(19)21-25-16(22)11-6-3-7-23-11)14(20-24-8)13-9(17)4-2-5-10(13)18/h2-7H,1H3,(H2,19,21). The molecule has 0 aliphatic carbocycles. The van der Waals surface area contributed by atoms with E-state index in [1.807, 2.05) is 0 Å². The van der Waals surface area contributed by atoms with Crippen LogP contribution in [0.4, 0.5) is 4.39 Å². The fourth-order valence-electron chi connectivity index (χ4n) is 2.14. The Labute approximate surface area is 145 Å². The Morgan fingerprint density at radius 2 is 2.16 bits per heavy atom. The fraction of sp³-hybridized carbons (Fsp3) is 0.0625. The molecule has 0 radical (unpaired) electrons. The van der Waals surface area contributed by atoms with E-state index < -0.39 is 11.8 Å². The van der Waals surface area contributed by atoms with Crippen molar-refractivity contribution >= 4 is 23.4 Å². The maximum atomic E-state index is 14.1. The van der Waals surface area contributed by atoms with E-state index in [2.05, 4.69) is 10.3 Å². The second-order valence-corrected chi connectivity index (χ2v) is 5.30. The molecular formula is C16H11ClFN3O4. The quantitative estimate of drug-likeness (QED) is 0.329. The number of nitrogens with zero attached hydrogens (tertiary/aromatic N) is 2. The fourth-order valence-corrected chi connectivity index (χ4v) is 2.40. The van der Waals surface area contributed by atoms with Crippen LogP contribution in [-0.2, 0) is 4.84 Å². The number of amidine groups is 1. The molecule has 9 heteroatoms. The van der Waals surface area contributed by atoms with Crippen LogP contribution in [0, 0.1) is 12.7 Å². The number of oxime groups is 1. The predicted octanol–water partition coefficient (Wildman–Crippen LogP) is 3.51. The number of carbonyl (C=O) groups excluding carboxylic acids is 1. The van der Waals surface area contributed by atoms with Gasteiger partial charge in [-0.2, -0.15) is 0 Å². The summed E-state index contributed by atoms with van der Waals surface area (Å²) in [6.45, 7) is 1.55. The first kappa shape index (κ1) is 16.7. The van der Waals surface area contributed by atoms with Crippen molar-refractivity contribution in [1.29, 1.82) is 0 Å². The highest BCUT2D eigenvalue weighted by Gasteiger charge is 2.23. The molecule has 0 bridgehead atoms. The summed E-state index contributed by atoms with van der Waals surface area (Å²) in [5.41, 5.74) is 6.08. The monoisotopic (exact) mass is 363 g/mol. The topological polar surface area (TPSA) is 104 Å². The van der Waals surface area contributed by atoms with Gasteiger partial charge in [0.15, 0.2) is 5.84 Å². The minimum absolute atomic E-state index is 0.00604. The molecular weight excluding hydrogens is 353 g/mol. The highest BCUT2D eigenvalue weighted by atomic mass is 35.5. The molecule has 0 amide bonds. The van der Waals surface area contributed by atoms with Gasteiger partial charge in [0.25, 0.3) is 0 Å². The third-order valence-corrected chi connectivity index (χ3v) is 3.58. The third kappa shape index (κ3) is 3.24. The smallest absolute Gasteiger partial charge is 0.400 e. The lowest BCUT2D eigenvalue weighted by Gasteiger charge is -2.05. The molecule has 0 aliphatic rings. The van der Waals surface area contributed by atoms with Gasteiger partial charge in [-0.15, -0.1) is 0 Å². The van der Waals surface area contributed by atoms with Gasteiger partial charge in [-0.1, -0.05) is 28.0 Å². The molecule has 2 aromatic heterocycles. The SMILES string of the molecule is Cc1onc(-c2c(F)cccc2Cl)c1C(N)=NOC(=O)c1ccco1. The number of furan rings is 1. The summed E-state index contributed by atoms with van der Waals surface area (Å²) in [6, 6.07) is 7.10. The van der Waals surface area contributed by atoms with E-state index in [0.29, 0.717) is 0 Å². The molecule has 0 saturated carbocycles. The van der Waals surface area contributed by atoms with E-state index in [1.54, 1.807) is 6.92 Å². The summed E-state index contributed by atoms with van der Waals surface area (Å²) in [7, 11) is 0. The van der Waals surface area contributed by atoms with Crippen molar-refractivity contribution in [1.82, 2.24) is 5.16 Å². The van der Waals surface area contributed by atoms with Crippen LogP contribution in [0.3, 0.4) is 0 Å². The third-order valence-electron chi connectivity index (χ3n) is 3.27. The number of aryl methyl sites for hydroxylation is 1. The molecule has 3 rings (SSSR count). The first-order chi connectivity index (χ1) is 12.0. The minimum Gasteiger partial charge on any atom is -0.457 e. The van der Waals surface area contributed by atoms with Crippen molar-refractivity contribution in [2.24, 2.45) is 10.9 Å². The lowest BCUT2D eigenvalue weighted by Crippen LogP contribution is -2.17. The van der Waals surface area contributed by atoms with Gasteiger partial charge in [-0.05, 0) is 31.2 Å². The Balaban J connectivity index is 1.96. The molecule has 25 heavy (non-hydrogen) atoms. The van der Waals surface area contributed by atoms with Crippen molar-refractivity contribution in [2.45, 2.75) is 6.92 Å². The summed E-state index contributed by atoms with van der Waals surface area (Å²) >= 11 is 6.04. The van der Waals surface area contributed by atoms with Crippen molar-refractivity contribution in [2.75, 3.05) is 0 Å². The minimum atomic E-state index is -0.840. The van der Waals surface area contributed by atoms with E-state index >= 15 is 0 Å². The Kier molecular flexibility index (Phi) is 4.53. The molecule has 0 saturated heterocycles. The number of aromatic nitrogens is 1. The molecule has 2 N–H and O–H groups in total. The van der Waals surface area contributed by atoms with Gasteiger partial charge in [-0.3, -0.25) is 0 Å². The average molecular weight is 364 g/mol. The van der Waals surface area contributed by atoms with Gasteiger partial charge in [0, 0.05) is 0 Å². The first-order valence-electron chi connectivity index (χ1n) is 6.98. The van der Waals surface area contributed by atoms with Crippen LogP contribution in [0.2, 0.25) is 5.02 Å². The Morgan fingerprint density at radius 3 is 2.84 bits per heavy atom. The molecule has 2 heterocycles. The largest absolute Gasteiger partial charge is 0.457 e. The van der Waals surface area contributed by atoms with Crippen LogP contribution >= 0.6 is 11.6 Å². The summed E-state index contributed by atoms with van der Waals surface area (Å²) in [4.78, 5) is 16.4. The number of rotatable bonds is 4. The zero-order valence-corrected chi connectivity index (χ0v) is 13.6. The molecule has 1 aromatic carbocycles. The zero-order valence-electron chi connectivity index (χ0n) is 12.8. The second kappa shape index (κ2) is 6.78. The molecule has 3 aromatic rings. The van der Waals surface area contributed by atoms with E-state index in [4.69, 9.17) is 31.1 Å². The number of hydrogen-bond acceptors (Lipinski definition) is 6. The predicted molar refractivity (Wildman–Crippen MR) is 86.5 cm³/mol. The van der Waals surface area contributed by atoms with Crippen LogP contribution < -0.4 is 5.73 Å². The lowest BCUT2D eigenvalue weighted by atomic mass is 10.0. The van der Waals surface area contributed by atoms with Gasteiger partial charge in [0.2, 0.25) is 5.76 Å². The summed E-state index contributed by atoms with van der Waals surface area (Å²) in [5.74, 6) is -1.47. The molecule has 128 valence electrons. The molecule has 0 aliphatic heterocycles. The van der Waals surface area contributed by atoms with Gasteiger partial charge in [-0.25, -0.2) is 9.18 Å². The van der Waals surface area contributed by atoms with Gasteiger partial charge < -0.3 is 19.5 Å². The van der Waals surface area contributed by atoms with Crippen molar-refractivity contribution < 1.29 is 23.0 Å². The van der Waals surface area contributed by atoms with Crippen LogP contribution in [0.1, 0.15) is 21.9 Å². The Bertz CT molecular complexity index is 930. The zero-order chi connectivity index (χ0) is 18.0. The molecule has 0 unspecified atom stereocenters. The van der Waals surface area contributed by atoms with Gasteiger partial charge in [0.05, 0.1) is 22.4 Å². The van der Waals surface area contributed by atoms with E-state index in [9.17, 15) is 9.18 Å². The first-order valence-corrected chi connectivity index (χ1v) is 7.36. The number of nitrogens with two attached hydrogens (primary N) is 1. The maximum Gasteiger partial charge on any atom is 0.400 e. The Morgan fingerprint density at radius 1 is 1.36 bits per heavy atom. The number of benzene rings is 1. The molecule has 7 nitrogen and oxygen atoms in total. The Hall–Kier alpha value is -3.13. The molecule has 0 fully saturated rings. The number of carbonyl (C=O) groups is 1. The van der Waals surface area contributed by atoms with E-state index in [0.717, 1.165) is 0 Å². The van der Waals surface area contributed by atoms with Gasteiger partial charge >= 0.3 is 5.97 Å². The summed E-state index contributed by atoms with van der Waals surface area (Å²) in [5, 5.41) is 7.45. The average Bonchev–Trinajstić information content (AvgIpc) is 3.22. The molecule has 0 spiro atoms. The summed E-state index contributed by atoms with van der Waals surface area (Å²) < 4.78 is 24.1. The van der Waals surface area contributed by atoms with E-state index in [-0.39, 0.29) is 39.2 Å². The van der Waals surface area contributed by atoms with Crippen molar-refractivity contribution in [3.63, 3.8) is 0 Å². The molecule has 0 atom stereocenters. The number of hydrogen-bond donors (Lipinski definition) is 1. The van der Waals surface area contributed by atoms with Crippen LogP contribution in [0.15, 0.2) is 50.7 Å². The second-order valence-electron chi connectivity index (χ2n) is 4.89. The number of halogens is 2. The van der Waals surface area contributed by atoms with Crippen LogP contribution in [0.5, 0.6) is 0 Å². The van der Waals surface area contributed by atoms with Crippen molar-refractivity contribution in [3.05, 3.63) is 64.5 Å². The van der Waals surface area contributed by atoms with Crippen LogP contribution in [0.25, 0.3) is 11.3 Å². The highest BCUT2D eigenvalue weighted by molar-refractivity contribution is 6.33. The maximum absolute atomic E-state index is 14.1. The van der Waals surface area contributed by atoms with E-state index in [1.165, 1.54) is 36.6 Å². The lowest BCUT2D eigenvalue weighted by molar-refractivity contribution is 0.0479. The van der Waals surface area contributed by atoms with Crippen LogP contribution in [-0.4, -0.2) is 17.0 Å². The highest BCUT2D eigenvalue weighted by Crippen LogP contribution is 2.33. The summed E-state index contributed by atoms with van der Waals surface area (Å²) in [6.07, 6.45) is 1.31. The normalized spacial score (nSPS) is 11.6.